The molecule has 1 aliphatic heterocycles. The standard InChI is InChI=1S/C6H10N2O4/c7-6(11)8-4-2-12-1-3(4)5(9)10/h3-4H,1-2H2,(H,9,10)(H3,7,8,11). The molecule has 1 saturated heterocycles. The van der Waals surface area contributed by atoms with Crippen LogP contribution in [0.1, 0.15) is 0 Å². The first-order valence-corrected chi connectivity index (χ1v) is 3.48. The summed E-state index contributed by atoms with van der Waals surface area (Å²) in [5.41, 5.74) is 4.84. The first kappa shape index (κ1) is 8.79. The van der Waals surface area contributed by atoms with Crippen molar-refractivity contribution < 1.29 is 19.4 Å². The summed E-state index contributed by atoms with van der Waals surface area (Å²) in [6.45, 7) is 0.334. The number of carboxylic acid groups (broad SMARTS) is 1. The smallest absolute Gasteiger partial charge is 0.312 e. The zero-order chi connectivity index (χ0) is 9.14. The maximum atomic E-state index is 10.5. The van der Waals surface area contributed by atoms with Crippen molar-refractivity contribution in [3.63, 3.8) is 0 Å². The second kappa shape index (κ2) is 3.40. The Morgan fingerprint density at radius 1 is 1.50 bits per heavy atom. The highest BCUT2D eigenvalue weighted by molar-refractivity contribution is 5.75. The van der Waals surface area contributed by atoms with Crippen molar-refractivity contribution in [2.45, 2.75) is 6.04 Å². The molecule has 6 heteroatoms. The summed E-state index contributed by atoms with van der Waals surface area (Å²) >= 11 is 0. The summed E-state index contributed by atoms with van der Waals surface area (Å²) in [6, 6.07) is -1.23. The van der Waals surface area contributed by atoms with E-state index in [0.29, 0.717) is 0 Å². The van der Waals surface area contributed by atoms with E-state index >= 15 is 0 Å². The van der Waals surface area contributed by atoms with E-state index in [1.807, 2.05) is 0 Å². The van der Waals surface area contributed by atoms with Crippen LogP contribution < -0.4 is 11.1 Å². The molecule has 0 aromatic rings. The highest BCUT2D eigenvalue weighted by Gasteiger charge is 2.34. The van der Waals surface area contributed by atoms with Gasteiger partial charge in [-0.05, 0) is 0 Å². The van der Waals surface area contributed by atoms with E-state index in [-0.39, 0.29) is 13.2 Å². The van der Waals surface area contributed by atoms with Crippen LogP contribution >= 0.6 is 0 Å². The van der Waals surface area contributed by atoms with Crippen LogP contribution in [0.5, 0.6) is 0 Å². The SMILES string of the molecule is NC(=O)NC1COCC1C(=O)O. The number of rotatable bonds is 2. The molecule has 4 N–H and O–H groups in total. The van der Waals surface area contributed by atoms with Gasteiger partial charge in [-0.2, -0.15) is 0 Å². The summed E-state index contributed by atoms with van der Waals surface area (Å²) in [5.74, 6) is -1.66. The number of carbonyl (C=O) groups is 2. The van der Waals surface area contributed by atoms with Gasteiger partial charge < -0.3 is 20.9 Å². The van der Waals surface area contributed by atoms with Crippen molar-refractivity contribution in [2.24, 2.45) is 11.7 Å². The molecule has 1 fully saturated rings. The fraction of sp³-hybridized carbons (Fsp3) is 0.667. The molecule has 12 heavy (non-hydrogen) atoms. The molecule has 6 nitrogen and oxygen atoms in total. The van der Waals surface area contributed by atoms with Gasteiger partial charge in [-0.15, -0.1) is 0 Å². The number of urea groups is 1. The topological polar surface area (TPSA) is 102 Å². The third kappa shape index (κ3) is 1.85. The number of carboxylic acids is 1. The van der Waals surface area contributed by atoms with Gasteiger partial charge in [-0.3, -0.25) is 4.79 Å². The predicted octanol–water partition coefficient (Wildman–Crippen LogP) is -1.25. The van der Waals surface area contributed by atoms with Crippen molar-refractivity contribution in [1.29, 1.82) is 0 Å². The summed E-state index contributed by atoms with van der Waals surface area (Å²) in [4.78, 5) is 20.9. The van der Waals surface area contributed by atoms with Crippen molar-refractivity contribution in [1.82, 2.24) is 5.32 Å². The molecule has 0 saturated carbocycles. The van der Waals surface area contributed by atoms with E-state index in [1.165, 1.54) is 0 Å². The Balaban J connectivity index is 2.52. The molecule has 1 heterocycles. The molecule has 2 atom stereocenters. The molecular weight excluding hydrogens is 164 g/mol. The number of hydrogen-bond donors (Lipinski definition) is 3. The molecular formula is C6H10N2O4. The minimum absolute atomic E-state index is 0.125. The minimum atomic E-state index is -0.980. The molecule has 0 aromatic carbocycles. The van der Waals surface area contributed by atoms with Crippen LogP contribution in [0.15, 0.2) is 0 Å². The number of carbonyl (C=O) groups excluding carboxylic acids is 1. The highest BCUT2D eigenvalue weighted by atomic mass is 16.5. The van der Waals surface area contributed by atoms with E-state index < -0.39 is 24.0 Å². The summed E-state index contributed by atoms with van der Waals surface area (Å²) < 4.78 is 4.88. The second-order valence-electron chi connectivity index (χ2n) is 2.60. The van der Waals surface area contributed by atoms with Gasteiger partial charge in [-0.1, -0.05) is 0 Å². The number of hydrogen-bond acceptors (Lipinski definition) is 3. The van der Waals surface area contributed by atoms with Crippen LogP contribution in [0.3, 0.4) is 0 Å². The van der Waals surface area contributed by atoms with E-state index in [1.54, 1.807) is 0 Å². The van der Waals surface area contributed by atoms with Gasteiger partial charge in [-0.25, -0.2) is 4.79 Å². The van der Waals surface area contributed by atoms with Crippen molar-refractivity contribution >= 4 is 12.0 Å². The lowest BCUT2D eigenvalue weighted by Gasteiger charge is -2.13. The summed E-state index contributed by atoms with van der Waals surface area (Å²) in [5, 5.41) is 10.9. The molecule has 0 aliphatic carbocycles. The third-order valence-electron chi connectivity index (χ3n) is 1.73. The Morgan fingerprint density at radius 2 is 2.17 bits per heavy atom. The molecule has 2 unspecified atom stereocenters. The number of amides is 2. The van der Waals surface area contributed by atoms with Gasteiger partial charge in [0.15, 0.2) is 0 Å². The molecule has 0 aromatic heterocycles. The van der Waals surface area contributed by atoms with Crippen LogP contribution in [0, 0.1) is 5.92 Å². The fourth-order valence-corrected chi connectivity index (χ4v) is 1.12. The van der Waals surface area contributed by atoms with Gasteiger partial charge >= 0.3 is 12.0 Å². The average molecular weight is 174 g/mol. The van der Waals surface area contributed by atoms with Crippen molar-refractivity contribution in [3.05, 3.63) is 0 Å². The summed E-state index contributed by atoms with van der Waals surface area (Å²) in [7, 11) is 0. The molecule has 2 amide bonds. The Labute approximate surface area is 68.7 Å². The second-order valence-corrected chi connectivity index (χ2v) is 2.60. The lowest BCUT2D eigenvalue weighted by Crippen LogP contribution is -2.45. The number of aliphatic carboxylic acids is 1. The number of primary amides is 1. The largest absolute Gasteiger partial charge is 0.481 e. The molecule has 68 valence electrons. The van der Waals surface area contributed by atoms with Crippen LogP contribution in [-0.4, -0.2) is 36.4 Å². The lowest BCUT2D eigenvalue weighted by molar-refractivity contribution is -0.142. The Morgan fingerprint density at radius 3 is 2.67 bits per heavy atom. The van der Waals surface area contributed by atoms with Crippen molar-refractivity contribution in [2.75, 3.05) is 13.2 Å². The Kier molecular flexibility index (Phi) is 2.49. The zero-order valence-corrected chi connectivity index (χ0v) is 6.32. The van der Waals surface area contributed by atoms with Gasteiger partial charge in [0.05, 0.1) is 19.3 Å². The van der Waals surface area contributed by atoms with E-state index in [2.05, 4.69) is 5.32 Å². The Hall–Kier alpha value is -1.30. The monoisotopic (exact) mass is 174 g/mol. The zero-order valence-electron chi connectivity index (χ0n) is 6.32. The van der Waals surface area contributed by atoms with Crippen LogP contribution in [0.2, 0.25) is 0 Å². The molecule has 1 rings (SSSR count). The molecule has 0 bridgehead atoms. The van der Waals surface area contributed by atoms with E-state index in [9.17, 15) is 9.59 Å². The third-order valence-corrected chi connectivity index (χ3v) is 1.73. The van der Waals surface area contributed by atoms with Gasteiger partial charge in [0.2, 0.25) is 0 Å². The van der Waals surface area contributed by atoms with E-state index in [0.717, 1.165) is 0 Å². The van der Waals surface area contributed by atoms with Crippen LogP contribution in [0.4, 0.5) is 4.79 Å². The summed E-state index contributed by atoms with van der Waals surface area (Å²) in [6.07, 6.45) is 0. The predicted molar refractivity (Wildman–Crippen MR) is 38.5 cm³/mol. The van der Waals surface area contributed by atoms with Crippen LogP contribution in [0.25, 0.3) is 0 Å². The molecule has 0 spiro atoms. The van der Waals surface area contributed by atoms with Crippen LogP contribution in [-0.2, 0) is 9.53 Å². The lowest BCUT2D eigenvalue weighted by atomic mass is 10.0. The normalized spacial score (nSPS) is 28.3. The van der Waals surface area contributed by atoms with E-state index in [4.69, 9.17) is 15.6 Å². The van der Waals surface area contributed by atoms with Gasteiger partial charge in [0.25, 0.3) is 0 Å². The Bertz CT molecular complexity index is 206. The number of nitrogens with one attached hydrogen (secondary N) is 1. The first-order chi connectivity index (χ1) is 5.61. The van der Waals surface area contributed by atoms with Gasteiger partial charge in [0.1, 0.15) is 5.92 Å². The maximum absolute atomic E-state index is 10.5. The van der Waals surface area contributed by atoms with Crippen molar-refractivity contribution in [3.8, 4) is 0 Å². The first-order valence-electron chi connectivity index (χ1n) is 3.48. The van der Waals surface area contributed by atoms with Gasteiger partial charge in [0, 0.05) is 0 Å². The average Bonchev–Trinajstić information content (AvgIpc) is 2.33. The fourth-order valence-electron chi connectivity index (χ4n) is 1.12. The molecule has 1 aliphatic rings. The molecule has 0 radical (unpaired) electrons. The number of ether oxygens (including phenoxy) is 1. The highest BCUT2D eigenvalue weighted by Crippen LogP contribution is 2.13. The quantitative estimate of drug-likeness (QED) is 0.487. The minimum Gasteiger partial charge on any atom is -0.481 e. The maximum Gasteiger partial charge on any atom is 0.312 e. The number of nitrogens with two attached hydrogens (primary N) is 1.